The van der Waals surface area contributed by atoms with Crippen LogP contribution in [0.1, 0.15) is 46.5 Å². The van der Waals surface area contributed by atoms with Crippen LogP contribution in [0, 0.1) is 5.92 Å². The molecule has 0 aliphatic heterocycles. The second-order valence-corrected chi connectivity index (χ2v) is 3.98. The van der Waals surface area contributed by atoms with Gasteiger partial charge in [0.25, 0.3) is 0 Å². The molecule has 2 heteroatoms. The van der Waals surface area contributed by atoms with E-state index in [0.29, 0.717) is 11.7 Å². The molecule has 92 valence electrons. The normalized spacial score (nSPS) is 13.1. The zero-order chi connectivity index (χ0) is 12.4. The lowest BCUT2D eigenvalue weighted by molar-refractivity contribution is 0.306. The molecule has 0 radical (unpaired) electrons. The molecule has 0 aromatic heterocycles. The molecule has 16 heavy (non-hydrogen) atoms. The third-order valence-corrected chi connectivity index (χ3v) is 2.70. The second-order valence-electron chi connectivity index (χ2n) is 3.98. The summed E-state index contributed by atoms with van der Waals surface area (Å²) in [5.41, 5.74) is 1.19. The Balaban J connectivity index is 4.57. The van der Waals surface area contributed by atoms with Crippen molar-refractivity contribution in [3.05, 3.63) is 24.6 Å². The highest BCUT2D eigenvalue weighted by Gasteiger charge is 2.09. The van der Waals surface area contributed by atoms with Gasteiger partial charge in [-0.25, -0.2) is 0 Å². The topological polar surface area (TPSA) is 21.6 Å². The maximum atomic E-state index is 5.09. The van der Waals surface area contributed by atoms with E-state index < -0.39 is 0 Å². The molecule has 0 rings (SSSR count). The highest BCUT2D eigenvalue weighted by atomic mass is 16.5. The lowest BCUT2D eigenvalue weighted by Gasteiger charge is -2.14. The van der Waals surface area contributed by atoms with Gasteiger partial charge in [-0.3, -0.25) is 4.99 Å². The van der Waals surface area contributed by atoms with Crippen molar-refractivity contribution >= 4 is 5.71 Å². The Morgan fingerprint density at radius 3 is 2.25 bits per heavy atom. The summed E-state index contributed by atoms with van der Waals surface area (Å²) < 4.78 is 5.09. The van der Waals surface area contributed by atoms with E-state index in [9.17, 15) is 0 Å². The molecule has 0 saturated heterocycles. The van der Waals surface area contributed by atoms with Gasteiger partial charge in [-0.1, -0.05) is 33.3 Å². The van der Waals surface area contributed by atoms with Gasteiger partial charge in [-0.15, -0.1) is 0 Å². The van der Waals surface area contributed by atoms with Crippen LogP contribution in [-0.4, -0.2) is 12.8 Å². The summed E-state index contributed by atoms with van der Waals surface area (Å²) in [7, 11) is 1.63. The van der Waals surface area contributed by atoms with Crippen molar-refractivity contribution in [1.29, 1.82) is 0 Å². The average molecular weight is 223 g/mol. The third kappa shape index (κ3) is 5.74. The van der Waals surface area contributed by atoms with Crippen LogP contribution in [0.15, 0.2) is 29.6 Å². The van der Waals surface area contributed by atoms with Crippen LogP contribution in [0.5, 0.6) is 0 Å². The minimum Gasteiger partial charge on any atom is -0.495 e. The predicted octanol–water partition coefficient (Wildman–Crippen LogP) is 4.34. The molecule has 0 aromatic carbocycles. The van der Waals surface area contributed by atoms with Gasteiger partial charge in [-0.2, -0.15) is 0 Å². The Bertz CT molecular complexity index is 247. The molecule has 2 nitrogen and oxygen atoms in total. The standard InChI is InChI=1S/C14H25NO/c1-6-9-13(10-7-2)12(4)15-11-14(8-3)16-5/h8,11,13H,3,6-7,9-10H2,1-2,4-5H3/b14-11+,15-12?. The summed E-state index contributed by atoms with van der Waals surface area (Å²) in [5.74, 6) is 1.32. The van der Waals surface area contributed by atoms with Gasteiger partial charge in [0.1, 0.15) is 5.76 Å². The second kappa shape index (κ2) is 9.20. The number of hydrogen-bond donors (Lipinski definition) is 0. The third-order valence-electron chi connectivity index (χ3n) is 2.70. The number of allylic oxidation sites excluding steroid dienone is 1. The van der Waals surface area contributed by atoms with Gasteiger partial charge >= 0.3 is 0 Å². The molecule has 0 aliphatic rings. The largest absolute Gasteiger partial charge is 0.495 e. The van der Waals surface area contributed by atoms with Gasteiger partial charge in [-0.05, 0) is 31.8 Å². The summed E-state index contributed by atoms with van der Waals surface area (Å²) in [6.45, 7) is 10.2. The minimum atomic E-state index is 0.606. The molecule has 0 saturated carbocycles. The Kier molecular flexibility index (Phi) is 8.59. The Morgan fingerprint density at radius 2 is 1.88 bits per heavy atom. The van der Waals surface area contributed by atoms with Crippen LogP contribution in [0.4, 0.5) is 0 Å². The van der Waals surface area contributed by atoms with Crippen LogP contribution in [0.25, 0.3) is 0 Å². The van der Waals surface area contributed by atoms with Crippen molar-refractivity contribution in [2.75, 3.05) is 7.11 Å². The molecule has 0 atom stereocenters. The SMILES string of the molecule is C=C/C(=C\N=C(C)C(CCC)CCC)OC. The smallest absolute Gasteiger partial charge is 0.136 e. The monoisotopic (exact) mass is 223 g/mol. The molecule has 0 amide bonds. The number of nitrogens with zero attached hydrogens (tertiary/aromatic N) is 1. The van der Waals surface area contributed by atoms with Crippen molar-refractivity contribution in [2.45, 2.75) is 46.5 Å². The Hall–Kier alpha value is -1.05. The lowest BCUT2D eigenvalue weighted by Crippen LogP contribution is -2.10. The van der Waals surface area contributed by atoms with E-state index in [2.05, 4.69) is 32.3 Å². The first-order chi connectivity index (χ1) is 7.69. The van der Waals surface area contributed by atoms with Crippen LogP contribution >= 0.6 is 0 Å². The number of aliphatic imine (C=N–C) groups is 1. The van der Waals surface area contributed by atoms with E-state index in [1.54, 1.807) is 19.4 Å². The maximum Gasteiger partial charge on any atom is 0.136 e. The molecule has 0 heterocycles. The van der Waals surface area contributed by atoms with Gasteiger partial charge < -0.3 is 4.74 Å². The van der Waals surface area contributed by atoms with Crippen molar-refractivity contribution < 1.29 is 4.74 Å². The highest BCUT2D eigenvalue weighted by Crippen LogP contribution is 2.16. The van der Waals surface area contributed by atoms with Gasteiger partial charge in [0.15, 0.2) is 0 Å². The fraction of sp³-hybridized carbons (Fsp3) is 0.643. The number of ether oxygens (including phenoxy) is 1. The van der Waals surface area contributed by atoms with E-state index >= 15 is 0 Å². The first kappa shape index (κ1) is 14.9. The summed E-state index contributed by atoms with van der Waals surface area (Å²) in [4.78, 5) is 4.46. The van der Waals surface area contributed by atoms with Gasteiger partial charge in [0.05, 0.1) is 13.3 Å². The maximum absolute atomic E-state index is 5.09. The number of methoxy groups -OCH3 is 1. The van der Waals surface area contributed by atoms with Crippen LogP contribution in [-0.2, 0) is 4.74 Å². The molecule has 0 bridgehead atoms. The van der Waals surface area contributed by atoms with E-state index in [1.165, 1.54) is 31.4 Å². The van der Waals surface area contributed by atoms with Crippen molar-refractivity contribution in [3.63, 3.8) is 0 Å². The predicted molar refractivity (Wildman–Crippen MR) is 71.7 cm³/mol. The van der Waals surface area contributed by atoms with Crippen molar-refractivity contribution in [1.82, 2.24) is 0 Å². The highest BCUT2D eigenvalue weighted by molar-refractivity contribution is 5.84. The number of rotatable bonds is 8. The van der Waals surface area contributed by atoms with Gasteiger partial charge in [0, 0.05) is 5.71 Å². The van der Waals surface area contributed by atoms with E-state index in [1.807, 2.05) is 0 Å². The zero-order valence-electron chi connectivity index (χ0n) is 11.1. The molecular weight excluding hydrogens is 198 g/mol. The summed E-state index contributed by atoms with van der Waals surface area (Å²) in [6.07, 6.45) is 8.27. The van der Waals surface area contributed by atoms with Crippen molar-refractivity contribution in [3.8, 4) is 0 Å². The average Bonchev–Trinajstić information content (AvgIpc) is 2.30. The molecule has 0 aromatic rings. The van der Waals surface area contributed by atoms with Crippen LogP contribution in [0.3, 0.4) is 0 Å². The summed E-state index contributed by atoms with van der Waals surface area (Å²) >= 11 is 0. The summed E-state index contributed by atoms with van der Waals surface area (Å²) in [6, 6.07) is 0. The Labute approximate surface area is 100 Å². The molecule has 0 aliphatic carbocycles. The molecule has 0 unspecified atom stereocenters. The summed E-state index contributed by atoms with van der Waals surface area (Å²) in [5, 5.41) is 0. The quantitative estimate of drug-likeness (QED) is 0.341. The molecule has 0 spiro atoms. The van der Waals surface area contributed by atoms with Crippen LogP contribution < -0.4 is 0 Å². The minimum absolute atomic E-state index is 0.606. The molecule has 0 N–H and O–H groups in total. The zero-order valence-corrected chi connectivity index (χ0v) is 11.1. The Morgan fingerprint density at radius 1 is 1.31 bits per heavy atom. The van der Waals surface area contributed by atoms with E-state index in [-0.39, 0.29) is 0 Å². The number of hydrogen-bond acceptors (Lipinski definition) is 2. The van der Waals surface area contributed by atoms with E-state index in [0.717, 1.165) is 0 Å². The van der Waals surface area contributed by atoms with Gasteiger partial charge in [0.2, 0.25) is 0 Å². The lowest BCUT2D eigenvalue weighted by atomic mass is 9.94. The molecular formula is C14H25NO. The fourth-order valence-corrected chi connectivity index (χ4v) is 1.72. The van der Waals surface area contributed by atoms with Crippen molar-refractivity contribution in [2.24, 2.45) is 10.9 Å². The first-order valence-corrected chi connectivity index (χ1v) is 6.10. The van der Waals surface area contributed by atoms with Crippen LogP contribution in [0.2, 0.25) is 0 Å². The molecule has 0 fully saturated rings. The van der Waals surface area contributed by atoms with E-state index in [4.69, 9.17) is 4.74 Å². The fourth-order valence-electron chi connectivity index (χ4n) is 1.72. The first-order valence-electron chi connectivity index (χ1n) is 6.10.